The van der Waals surface area contributed by atoms with Gasteiger partial charge in [-0.05, 0) is 62.4 Å². The highest BCUT2D eigenvalue weighted by atomic mass is 127. The van der Waals surface area contributed by atoms with Gasteiger partial charge < -0.3 is 4.90 Å². The Kier molecular flexibility index (Phi) is 3.96. The highest BCUT2D eigenvalue weighted by molar-refractivity contribution is 14.1. The third-order valence-corrected chi connectivity index (χ3v) is 3.46. The van der Waals surface area contributed by atoms with Crippen LogP contribution in [-0.2, 0) is 4.79 Å². The summed E-state index contributed by atoms with van der Waals surface area (Å²) in [6.45, 7) is 6.62. The van der Waals surface area contributed by atoms with E-state index in [1.165, 1.54) is 0 Å². The van der Waals surface area contributed by atoms with E-state index in [2.05, 4.69) is 18.7 Å². The molecule has 1 aliphatic rings. The van der Waals surface area contributed by atoms with Crippen molar-refractivity contribution in [3.8, 4) is 0 Å². The Labute approximate surface area is 87.8 Å². The van der Waals surface area contributed by atoms with Gasteiger partial charge in [0.1, 0.15) is 0 Å². The maximum atomic E-state index is 11.0. The van der Waals surface area contributed by atoms with Crippen molar-refractivity contribution < 1.29 is 4.79 Å². The van der Waals surface area contributed by atoms with Crippen molar-refractivity contribution in [3.05, 3.63) is 0 Å². The lowest BCUT2D eigenvalue weighted by Gasteiger charge is -2.33. The average molecular weight is 281 g/mol. The standard InChI is InChI=1S/C9H16INO/c1-7(2)11-5-3-8(4-6-11)9(10)12/h7-8H,3-6H2,1-2H3. The normalized spacial score (nSPS) is 21.7. The molecule has 1 saturated heterocycles. The van der Waals surface area contributed by atoms with Crippen LogP contribution < -0.4 is 0 Å². The maximum Gasteiger partial charge on any atom is 0.195 e. The van der Waals surface area contributed by atoms with Crippen LogP contribution in [0.1, 0.15) is 26.7 Å². The van der Waals surface area contributed by atoms with Gasteiger partial charge in [0.05, 0.1) is 0 Å². The Morgan fingerprint density at radius 2 is 1.92 bits per heavy atom. The average Bonchev–Trinajstić information content (AvgIpc) is 2.04. The van der Waals surface area contributed by atoms with E-state index in [4.69, 9.17) is 0 Å². The van der Waals surface area contributed by atoms with Crippen LogP contribution in [0.15, 0.2) is 0 Å². The molecule has 0 aromatic rings. The van der Waals surface area contributed by atoms with Crippen LogP contribution in [-0.4, -0.2) is 27.8 Å². The summed E-state index contributed by atoms with van der Waals surface area (Å²) in [5, 5.41) is 0. The summed E-state index contributed by atoms with van der Waals surface area (Å²) in [6, 6.07) is 0.635. The lowest BCUT2D eigenvalue weighted by molar-refractivity contribution is -0.114. The van der Waals surface area contributed by atoms with Gasteiger partial charge in [0.15, 0.2) is 3.79 Å². The van der Waals surface area contributed by atoms with Crippen LogP contribution in [0.25, 0.3) is 0 Å². The number of nitrogens with zero attached hydrogens (tertiary/aromatic N) is 1. The van der Waals surface area contributed by atoms with E-state index >= 15 is 0 Å². The molecular formula is C9H16INO. The molecule has 1 rings (SSSR count). The van der Waals surface area contributed by atoms with E-state index in [-0.39, 0.29) is 0 Å². The number of halogens is 1. The summed E-state index contributed by atoms with van der Waals surface area (Å²) in [7, 11) is 0. The zero-order chi connectivity index (χ0) is 9.14. The molecule has 0 aliphatic carbocycles. The Hall–Kier alpha value is 0.360. The molecule has 1 heterocycles. The molecule has 1 aliphatic heterocycles. The maximum absolute atomic E-state index is 11.0. The van der Waals surface area contributed by atoms with Crippen LogP contribution in [0.4, 0.5) is 0 Å². The molecule has 0 atom stereocenters. The largest absolute Gasteiger partial charge is 0.301 e. The van der Waals surface area contributed by atoms with Gasteiger partial charge in [0, 0.05) is 12.0 Å². The minimum atomic E-state index is 0.334. The van der Waals surface area contributed by atoms with Crippen molar-refractivity contribution in [3.63, 3.8) is 0 Å². The summed E-state index contributed by atoms with van der Waals surface area (Å²) in [4.78, 5) is 13.5. The molecule has 0 amide bonds. The van der Waals surface area contributed by atoms with Crippen molar-refractivity contribution in [2.24, 2.45) is 5.92 Å². The molecule has 1 fully saturated rings. The molecule has 2 nitrogen and oxygen atoms in total. The fourth-order valence-corrected chi connectivity index (χ4v) is 2.27. The highest BCUT2D eigenvalue weighted by Gasteiger charge is 2.23. The molecule has 70 valence electrons. The van der Waals surface area contributed by atoms with Gasteiger partial charge in [-0.25, -0.2) is 0 Å². The number of carbonyl (C=O) groups excluding carboxylic acids is 1. The first kappa shape index (κ1) is 10.4. The van der Waals surface area contributed by atoms with Gasteiger partial charge in [-0.1, -0.05) is 0 Å². The van der Waals surface area contributed by atoms with Gasteiger partial charge in [-0.15, -0.1) is 0 Å². The number of hydrogen-bond acceptors (Lipinski definition) is 2. The zero-order valence-corrected chi connectivity index (χ0v) is 9.87. The van der Waals surface area contributed by atoms with Crippen LogP contribution in [0.5, 0.6) is 0 Å². The minimum absolute atomic E-state index is 0.334. The molecule has 0 unspecified atom stereocenters. The number of carbonyl (C=O) groups is 1. The lowest BCUT2D eigenvalue weighted by Crippen LogP contribution is -2.39. The molecule has 3 heteroatoms. The third kappa shape index (κ3) is 2.69. The van der Waals surface area contributed by atoms with E-state index < -0.39 is 0 Å². The van der Waals surface area contributed by atoms with Gasteiger partial charge in [0.2, 0.25) is 0 Å². The van der Waals surface area contributed by atoms with E-state index in [0.717, 1.165) is 25.9 Å². The van der Waals surface area contributed by atoms with Crippen molar-refractivity contribution in [1.29, 1.82) is 0 Å². The summed E-state index contributed by atoms with van der Waals surface area (Å²) in [6.07, 6.45) is 2.11. The highest BCUT2D eigenvalue weighted by Crippen LogP contribution is 2.21. The number of rotatable bonds is 2. The number of hydrogen-bond donors (Lipinski definition) is 0. The molecule has 0 spiro atoms. The minimum Gasteiger partial charge on any atom is -0.301 e. The van der Waals surface area contributed by atoms with E-state index in [1.54, 1.807) is 0 Å². The van der Waals surface area contributed by atoms with Gasteiger partial charge in [0.25, 0.3) is 0 Å². The van der Waals surface area contributed by atoms with Crippen molar-refractivity contribution in [1.82, 2.24) is 4.90 Å². The molecule has 0 aromatic carbocycles. The first-order chi connectivity index (χ1) is 5.61. The van der Waals surface area contributed by atoms with Crippen molar-refractivity contribution in [2.45, 2.75) is 32.7 Å². The van der Waals surface area contributed by atoms with Crippen molar-refractivity contribution in [2.75, 3.05) is 13.1 Å². The van der Waals surface area contributed by atoms with Gasteiger partial charge in [-0.2, -0.15) is 0 Å². The number of likely N-dealkylation sites (tertiary alicyclic amines) is 1. The zero-order valence-electron chi connectivity index (χ0n) is 7.72. The van der Waals surface area contributed by atoms with Crippen molar-refractivity contribution >= 4 is 26.4 Å². The quantitative estimate of drug-likeness (QED) is 0.570. The Bertz CT molecular complexity index is 162. The second-order valence-corrected chi connectivity index (χ2v) is 4.77. The smallest absolute Gasteiger partial charge is 0.195 e. The van der Waals surface area contributed by atoms with E-state index in [1.807, 2.05) is 22.6 Å². The topological polar surface area (TPSA) is 20.3 Å². The Balaban J connectivity index is 2.34. The predicted molar refractivity (Wildman–Crippen MR) is 58.5 cm³/mol. The molecule has 0 aromatic heterocycles. The van der Waals surface area contributed by atoms with Crippen LogP contribution >= 0.6 is 22.6 Å². The van der Waals surface area contributed by atoms with E-state index in [0.29, 0.717) is 15.7 Å². The summed E-state index contributed by atoms with van der Waals surface area (Å²) < 4.78 is 0.344. The van der Waals surface area contributed by atoms with Crippen LogP contribution in [0.3, 0.4) is 0 Å². The summed E-state index contributed by atoms with van der Waals surface area (Å²) in [5.41, 5.74) is 0. The summed E-state index contributed by atoms with van der Waals surface area (Å²) >= 11 is 1.93. The number of piperidine rings is 1. The van der Waals surface area contributed by atoms with Crippen LogP contribution in [0, 0.1) is 5.92 Å². The molecule has 0 bridgehead atoms. The first-order valence-electron chi connectivity index (χ1n) is 4.54. The van der Waals surface area contributed by atoms with Crippen LogP contribution in [0.2, 0.25) is 0 Å². The Morgan fingerprint density at radius 3 is 2.25 bits per heavy atom. The second-order valence-electron chi connectivity index (χ2n) is 3.71. The van der Waals surface area contributed by atoms with E-state index in [9.17, 15) is 4.79 Å². The third-order valence-electron chi connectivity index (χ3n) is 2.58. The molecule has 12 heavy (non-hydrogen) atoms. The first-order valence-corrected chi connectivity index (χ1v) is 5.62. The predicted octanol–water partition coefficient (Wildman–Crippen LogP) is 2.07. The monoisotopic (exact) mass is 281 g/mol. The van der Waals surface area contributed by atoms with Gasteiger partial charge in [-0.3, -0.25) is 4.79 Å². The molecule has 0 N–H and O–H groups in total. The molecule has 0 saturated carbocycles. The lowest BCUT2D eigenvalue weighted by atomic mass is 9.98. The second kappa shape index (κ2) is 4.56. The fourth-order valence-electron chi connectivity index (χ4n) is 1.64. The van der Waals surface area contributed by atoms with Gasteiger partial charge >= 0.3 is 0 Å². The molecular weight excluding hydrogens is 265 g/mol. The summed E-state index contributed by atoms with van der Waals surface area (Å²) in [5.74, 6) is 0.334. The Morgan fingerprint density at radius 1 is 1.42 bits per heavy atom. The molecule has 0 radical (unpaired) electrons. The fraction of sp³-hybridized carbons (Fsp3) is 0.889. The SMILES string of the molecule is CC(C)N1CCC(C(=O)I)CC1.